The number of fused-ring (bicyclic) bond motifs is 4. The van der Waals surface area contributed by atoms with E-state index in [9.17, 15) is 23.9 Å². The second-order valence-corrected chi connectivity index (χ2v) is 11.0. The van der Waals surface area contributed by atoms with E-state index in [2.05, 4.69) is 29.6 Å². The number of aromatic nitrogens is 2. The van der Waals surface area contributed by atoms with E-state index in [4.69, 9.17) is 5.73 Å². The van der Waals surface area contributed by atoms with Crippen molar-refractivity contribution in [1.29, 1.82) is 0 Å². The Morgan fingerprint density at radius 2 is 2.05 bits per heavy atom. The fraction of sp³-hybridized carbons (Fsp3) is 0.524. The highest BCUT2D eigenvalue weighted by Gasteiger charge is 2.53. The van der Waals surface area contributed by atoms with Crippen LogP contribution in [0.15, 0.2) is 28.6 Å². The summed E-state index contributed by atoms with van der Waals surface area (Å²) in [6, 6.07) is -1.04. The molecule has 37 heavy (non-hydrogen) atoms. The summed E-state index contributed by atoms with van der Waals surface area (Å²) in [5.41, 5.74) is 5.39. The Kier molecular flexibility index (Phi) is 7.15. The van der Waals surface area contributed by atoms with Gasteiger partial charge in [0.05, 0.1) is 37.8 Å². The first-order chi connectivity index (χ1) is 17.8. The van der Waals surface area contributed by atoms with Crippen molar-refractivity contribution in [2.75, 3.05) is 64.2 Å². The highest BCUT2D eigenvalue weighted by Crippen LogP contribution is 2.40. The number of rotatable bonds is 9. The number of oxime groups is 1. The molecule has 1 aromatic rings. The van der Waals surface area contributed by atoms with Gasteiger partial charge in [0, 0.05) is 36.9 Å². The maximum absolute atomic E-state index is 13.0. The molecular formula is C21H25FN8O5S2. The number of allylic oxidation sites excluding steroid dienone is 1. The highest BCUT2D eigenvalue weighted by atomic mass is 32.2. The van der Waals surface area contributed by atoms with Gasteiger partial charge in [-0.05, 0) is 11.6 Å². The molecule has 0 radical (unpaired) electrons. The van der Waals surface area contributed by atoms with E-state index in [-0.39, 0.29) is 16.7 Å². The van der Waals surface area contributed by atoms with Crippen molar-refractivity contribution < 1.29 is 33.2 Å². The van der Waals surface area contributed by atoms with Crippen LogP contribution in [0.5, 0.6) is 0 Å². The highest BCUT2D eigenvalue weighted by molar-refractivity contribution is 8.00. The molecule has 0 saturated carbocycles. The molecule has 6 heterocycles. The lowest BCUT2D eigenvalue weighted by molar-refractivity contribution is -0.935. The van der Waals surface area contributed by atoms with Crippen LogP contribution in [-0.4, -0.2) is 117 Å². The molecule has 0 aliphatic carbocycles. The number of β-lactam (4-membered cyclic amide) rings is 1. The van der Waals surface area contributed by atoms with Gasteiger partial charge in [-0.2, -0.15) is 9.36 Å². The number of halogens is 1. The summed E-state index contributed by atoms with van der Waals surface area (Å²) in [5.74, 6) is -2.81. The maximum atomic E-state index is 13.0. The number of nitrogens with zero attached hydrogens (tertiary/aromatic N) is 6. The van der Waals surface area contributed by atoms with Crippen LogP contribution >= 0.6 is 23.3 Å². The normalized spacial score (nSPS) is 29.3. The standard InChI is InChI=1S/C21H25FN8O5S2/c22-11-35-26-13(16-25-21(23)37-27-16)17(31)24-14-18(32)29-15(20(33)34)12(10-36-19(14)29)2-1-6-30-7-3-28(4-8-30)5-9-30/h1-2,14,19H,3-11H2,(H3-,23,24,25,27,31,33,34)/b2-1+,26-13-/t14-,19-/m1/s1. The molecule has 6 rings (SSSR count). The van der Waals surface area contributed by atoms with E-state index < -0.39 is 41.8 Å². The van der Waals surface area contributed by atoms with Crippen LogP contribution in [0, 0.1) is 0 Å². The number of nitrogens with one attached hydrogen (secondary N) is 1. The van der Waals surface area contributed by atoms with Gasteiger partial charge in [0.15, 0.2) is 5.13 Å². The van der Waals surface area contributed by atoms with E-state index in [1.165, 1.54) is 11.8 Å². The number of quaternary nitrogens is 1. The molecule has 2 amide bonds. The molecule has 3 N–H and O–H groups in total. The van der Waals surface area contributed by atoms with Gasteiger partial charge in [0.25, 0.3) is 18.7 Å². The minimum Gasteiger partial charge on any atom is -0.543 e. The minimum atomic E-state index is -1.46. The Balaban J connectivity index is 1.29. The van der Waals surface area contributed by atoms with Crippen LogP contribution in [0.3, 0.4) is 0 Å². The van der Waals surface area contributed by atoms with Crippen molar-refractivity contribution >= 4 is 51.9 Å². The molecule has 4 saturated heterocycles. The maximum Gasteiger partial charge on any atom is 0.278 e. The largest absolute Gasteiger partial charge is 0.543 e. The lowest BCUT2D eigenvalue weighted by atomic mass is 10.0. The van der Waals surface area contributed by atoms with Crippen molar-refractivity contribution in [3.63, 3.8) is 0 Å². The monoisotopic (exact) mass is 552 g/mol. The van der Waals surface area contributed by atoms with Crippen molar-refractivity contribution in [1.82, 2.24) is 24.5 Å². The van der Waals surface area contributed by atoms with Gasteiger partial charge in [0.1, 0.15) is 11.4 Å². The number of nitrogen functional groups attached to an aromatic ring is 1. The molecular weight excluding hydrogens is 527 g/mol. The van der Waals surface area contributed by atoms with Crippen LogP contribution < -0.4 is 16.2 Å². The van der Waals surface area contributed by atoms with Crippen molar-refractivity contribution in [3.05, 3.63) is 29.2 Å². The Morgan fingerprint density at radius 3 is 2.68 bits per heavy atom. The number of thioether (sulfide) groups is 1. The second kappa shape index (κ2) is 10.4. The second-order valence-electron chi connectivity index (χ2n) is 9.10. The SMILES string of the molecule is Nc1nc(/C(=N/OCF)C(=O)N[C@@H]2C(=O)N3C(C(=O)[O-])=C(/C=C/C[N+]45CCN(CC4)CC5)CS[C@H]23)ns1. The summed E-state index contributed by atoms with van der Waals surface area (Å²) in [6.07, 6.45) is 3.77. The predicted octanol–water partition coefficient (Wildman–Crippen LogP) is -2.13. The molecule has 2 atom stereocenters. The van der Waals surface area contributed by atoms with Gasteiger partial charge in [-0.1, -0.05) is 11.2 Å². The molecule has 0 aromatic carbocycles. The Hall–Kier alpha value is -3.08. The van der Waals surface area contributed by atoms with E-state index in [1.54, 1.807) is 6.08 Å². The number of carboxylic acids is 1. The van der Waals surface area contributed by atoms with Gasteiger partial charge in [-0.3, -0.25) is 19.4 Å². The number of hydrogen-bond acceptors (Lipinski definition) is 12. The molecule has 5 aliphatic rings. The first-order valence-corrected chi connectivity index (χ1v) is 13.4. The Bertz CT molecular complexity index is 1180. The van der Waals surface area contributed by atoms with Gasteiger partial charge in [-0.15, -0.1) is 11.8 Å². The molecule has 5 aliphatic heterocycles. The number of carbonyl (C=O) groups is 3. The lowest BCUT2D eigenvalue weighted by Gasteiger charge is -2.51. The molecule has 0 unspecified atom stereocenters. The number of hydrogen-bond donors (Lipinski definition) is 2. The fourth-order valence-corrected chi connectivity index (χ4v) is 6.75. The number of nitrogens with two attached hydrogens (primary N) is 1. The third-order valence-corrected chi connectivity index (χ3v) is 8.88. The third-order valence-electron chi connectivity index (χ3n) is 7.03. The first-order valence-electron chi connectivity index (χ1n) is 11.6. The van der Waals surface area contributed by atoms with E-state index >= 15 is 0 Å². The molecule has 4 fully saturated rings. The van der Waals surface area contributed by atoms with Gasteiger partial charge >= 0.3 is 0 Å². The lowest BCUT2D eigenvalue weighted by Crippen LogP contribution is -2.71. The van der Waals surface area contributed by atoms with Crippen molar-refractivity contribution in [2.45, 2.75) is 11.4 Å². The van der Waals surface area contributed by atoms with Crippen LogP contribution in [0.2, 0.25) is 0 Å². The number of amides is 2. The fourth-order valence-electron chi connectivity index (χ4n) is 5.00. The first kappa shape index (κ1) is 25.6. The quantitative estimate of drug-likeness (QED) is 0.150. The summed E-state index contributed by atoms with van der Waals surface area (Å²) >= 11 is 2.13. The summed E-state index contributed by atoms with van der Waals surface area (Å²) in [7, 11) is 0. The molecule has 2 bridgehead atoms. The molecule has 0 spiro atoms. The third kappa shape index (κ3) is 4.93. The summed E-state index contributed by atoms with van der Waals surface area (Å²) in [5, 5.41) is 17.3. The number of alkyl halides is 1. The van der Waals surface area contributed by atoms with Crippen molar-refractivity contribution in [3.8, 4) is 0 Å². The number of carbonyl (C=O) groups excluding carboxylic acids is 3. The Labute approximate surface area is 219 Å². The minimum absolute atomic E-state index is 0.0566. The zero-order chi connectivity index (χ0) is 26.2. The molecule has 16 heteroatoms. The zero-order valence-electron chi connectivity index (χ0n) is 19.7. The average Bonchev–Trinajstić information content (AvgIpc) is 3.33. The van der Waals surface area contributed by atoms with Crippen LogP contribution in [0.25, 0.3) is 0 Å². The summed E-state index contributed by atoms with van der Waals surface area (Å²) in [6.45, 7) is 5.96. The number of piperazine rings is 3. The molecule has 198 valence electrons. The number of carboxylic acid groups (broad SMARTS) is 1. The predicted molar refractivity (Wildman–Crippen MR) is 130 cm³/mol. The van der Waals surface area contributed by atoms with Gasteiger partial charge in [0.2, 0.25) is 11.5 Å². The molecule has 13 nitrogen and oxygen atoms in total. The van der Waals surface area contributed by atoms with E-state index in [1.807, 2.05) is 6.08 Å². The summed E-state index contributed by atoms with van der Waals surface area (Å²) < 4.78 is 17.3. The smallest absolute Gasteiger partial charge is 0.278 e. The summed E-state index contributed by atoms with van der Waals surface area (Å²) in [4.78, 5) is 49.6. The Morgan fingerprint density at radius 1 is 1.32 bits per heavy atom. The van der Waals surface area contributed by atoms with E-state index in [0.717, 1.165) is 66.7 Å². The average molecular weight is 553 g/mol. The van der Waals surface area contributed by atoms with Crippen molar-refractivity contribution in [2.24, 2.45) is 5.16 Å². The molecule has 1 aromatic heterocycles. The van der Waals surface area contributed by atoms with Crippen LogP contribution in [0.4, 0.5) is 9.52 Å². The van der Waals surface area contributed by atoms with Crippen LogP contribution in [0.1, 0.15) is 5.82 Å². The number of aliphatic carboxylic acids is 1. The number of anilines is 1. The van der Waals surface area contributed by atoms with Crippen LogP contribution in [-0.2, 0) is 19.2 Å². The van der Waals surface area contributed by atoms with E-state index in [0.29, 0.717) is 11.3 Å². The van der Waals surface area contributed by atoms with Gasteiger partial charge in [-0.25, -0.2) is 4.39 Å². The topological polar surface area (TPSA) is 166 Å². The zero-order valence-corrected chi connectivity index (χ0v) is 21.3. The van der Waals surface area contributed by atoms with Gasteiger partial charge < -0.3 is 30.3 Å².